The van der Waals surface area contributed by atoms with Crippen LogP contribution in [0.2, 0.25) is 0 Å². The maximum atomic E-state index is 6.36. The van der Waals surface area contributed by atoms with Gasteiger partial charge in [-0.25, -0.2) is 4.98 Å². The number of benzene rings is 1. The summed E-state index contributed by atoms with van der Waals surface area (Å²) in [6, 6.07) is 8.44. The Balaban J connectivity index is 2.08. The first-order valence-corrected chi connectivity index (χ1v) is 7.63. The van der Waals surface area contributed by atoms with E-state index in [1.54, 1.807) is 0 Å². The van der Waals surface area contributed by atoms with E-state index >= 15 is 0 Å². The molecule has 0 radical (unpaired) electrons. The molecule has 0 saturated heterocycles. The molecule has 20 heavy (non-hydrogen) atoms. The lowest BCUT2D eigenvalue weighted by Crippen LogP contribution is -2.08. The maximum absolute atomic E-state index is 6.36. The van der Waals surface area contributed by atoms with E-state index in [1.165, 1.54) is 37.1 Å². The van der Waals surface area contributed by atoms with E-state index in [0.717, 1.165) is 23.6 Å². The molecule has 1 aliphatic carbocycles. The summed E-state index contributed by atoms with van der Waals surface area (Å²) in [6.45, 7) is 5.15. The number of nitrogens with two attached hydrogens (primary N) is 1. The fourth-order valence-electron chi connectivity index (χ4n) is 3.32. The third-order valence-corrected chi connectivity index (χ3v) is 4.36. The van der Waals surface area contributed by atoms with Gasteiger partial charge in [0.1, 0.15) is 17.3 Å². The molecule has 2 N–H and O–H groups in total. The van der Waals surface area contributed by atoms with E-state index in [1.807, 2.05) is 0 Å². The number of aryl methyl sites for hydroxylation is 1. The van der Waals surface area contributed by atoms with Crippen LogP contribution < -0.4 is 5.73 Å². The summed E-state index contributed by atoms with van der Waals surface area (Å²) in [7, 11) is 0. The fourth-order valence-corrected chi connectivity index (χ4v) is 3.32. The Hall–Kier alpha value is -1.77. The van der Waals surface area contributed by atoms with Crippen LogP contribution in [0.4, 0.5) is 5.82 Å². The lowest BCUT2D eigenvalue weighted by molar-refractivity contribution is 0.604. The van der Waals surface area contributed by atoms with E-state index in [0.29, 0.717) is 5.92 Å². The van der Waals surface area contributed by atoms with Crippen LogP contribution in [-0.2, 0) is 6.54 Å². The lowest BCUT2D eigenvalue weighted by Gasteiger charge is -2.11. The molecule has 0 amide bonds. The zero-order valence-electron chi connectivity index (χ0n) is 12.4. The van der Waals surface area contributed by atoms with Gasteiger partial charge in [0.15, 0.2) is 0 Å². The molecule has 1 aromatic heterocycles. The van der Waals surface area contributed by atoms with Crippen molar-refractivity contribution in [2.24, 2.45) is 0 Å². The summed E-state index contributed by atoms with van der Waals surface area (Å²) in [5.41, 5.74) is 9.70. The second kappa shape index (κ2) is 5.31. The molecule has 0 unspecified atom stereocenters. The molecular weight excluding hydrogens is 246 g/mol. The summed E-state index contributed by atoms with van der Waals surface area (Å²) < 4.78 is 2.20. The van der Waals surface area contributed by atoms with Crippen molar-refractivity contribution in [3.63, 3.8) is 0 Å². The van der Waals surface area contributed by atoms with Gasteiger partial charge in [-0.05, 0) is 32.8 Å². The minimum absolute atomic E-state index is 0.593. The normalized spacial score (nSPS) is 15.9. The van der Waals surface area contributed by atoms with Crippen LogP contribution in [0.5, 0.6) is 0 Å². The first kappa shape index (κ1) is 13.2. The predicted molar refractivity (Wildman–Crippen MR) is 83.7 cm³/mol. The summed E-state index contributed by atoms with van der Waals surface area (Å²) in [5.74, 6) is 2.61. The highest BCUT2D eigenvalue weighted by molar-refractivity contribution is 5.71. The molecule has 0 atom stereocenters. The van der Waals surface area contributed by atoms with Gasteiger partial charge in [-0.2, -0.15) is 0 Å². The molecular formula is C17H23N3. The topological polar surface area (TPSA) is 43.8 Å². The average Bonchev–Trinajstić information content (AvgIpc) is 3.05. The molecule has 3 nitrogen and oxygen atoms in total. The van der Waals surface area contributed by atoms with E-state index < -0.39 is 0 Å². The third-order valence-electron chi connectivity index (χ3n) is 4.36. The number of rotatable bonds is 3. The summed E-state index contributed by atoms with van der Waals surface area (Å²) >= 11 is 0. The van der Waals surface area contributed by atoms with Crippen molar-refractivity contribution in [3.05, 3.63) is 35.7 Å². The maximum Gasteiger partial charge on any atom is 0.131 e. The standard InChI is InChI=1S/C17H23N3/c1-3-20-16(18)15(14-10-6-7-12(2)11-14)19-17(20)13-8-4-5-9-13/h6-7,10-11,13H,3-5,8-9,18H2,1-2H3. The minimum atomic E-state index is 0.593. The Kier molecular flexibility index (Phi) is 3.51. The van der Waals surface area contributed by atoms with Crippen molar-refractivity contribution in [2.45, 2.75) is 52.0 Å². The Morgan fingerprint density at radius 2 is 2.05 bits per heavy atom. The van der Waals surface area contributed by atoms with Crippen molar-refractivity contribution in [3.8, 4) is 11.3 Å². The van der Waals surface area contributed by atoms with Gasteiger partial charge in [0, 0.05) is 18.0 Å². The molecule has 1 fully saturated rings. The van der Waals surface area contributed by atoms with Crippen molar-refractivity contribution in [1.29, 1.82) is 0 Å². The second-order valence-electron chi connectivity index (χ2n) is 5.80. The summed E-state index contributed by atoms with van der Waals surface area (Å²) in [5, 5.41) is 0. The van der Waals surface area contributed by atoms with Gasteiger partial charge in [-0.3, -0.25) is 0 Å². The van der Waals surface area contributed by atoms with Crippen molar-refractivity contribution < 1.29 is 0 Å². The van der Waals surface area contributed by atoms with Crippen LogP contribution in [0.25, 0.3) is 11.3 Å². The van der Waals surface area contributed by atoms with Crippen molar-refractivity contribution in [1.82, 2.24) is 9.55 Å². The second-order valence-corrected chi connectivity index (χ2v) is 5.80. The molecule has 1 aliphatic rings. The van der Waals surface area contributed by atoms with Gasteiger partial charge in [-0.1, -0.05) is 36.6 Å². The first-order valence-electron chi connectivity index (χ1n) is 7.63. The third kappa shape index (κ3) is 2.21. The van der Waals surface area contributed by atoms with Gasteiger partial charge in [0.25, 0.3) is 0 Å². The molecule has 106 valence electrons. The number of aromatic nitrogens is 2. The highest BCUT2D eigenvalue weighted by Gasteiger charge is 2.25. The monoisotopic (exact) mass is 269 g/mol. The summed E-state index contributed by atoms with van der Waals surface area (Å²) in [4.78, 5) is 4.91. The Labute approximate surface area is 120 Å². The zero-order chi connectivity index (χ0) is 14.1. The smallest absolute Gasteiger partial charge is 0.131 e. The van der Waals surface area contributed by atoms with Crippen LogP contribution in [0.15, 0.2) is 24.3 Å². The van der Waals surface area contributed by atoms with Crippen LogP contribution in [0.3, 0.4) is 0 Å². The Morgan fingerprint density at radius 1 is 1.30 bits per heavy atom. The number of hydrogen-bond acceptors (Lipinski definition) is 2. The molecule has 2 aromatic rings. The fraction of sp³-hybridized carbons (Fsp3) is 0.471. The lowest BCUT2D eigenvalue weighted by atomic mass is 10.1. The number of anilines is 1. The van der Waals surface area contributed by atoms with Crippen LogP contribution in [-0.4, -0.2) is 9.55 Å². The molecule has 1 heterocycles. The van der Waals surface area contributed by atoms with E-state index in [9.17, 15) is 0 Å². The van der Waals surface area contributed by atoms with Gasteiger partial charge in [0.05, 0.1) is 0 Å². The number of nitrogens with zero attached hydrogens (tertiary/aromatic N) is 2. The van der Waals surface area contributed by atoms with E-state index in [4.69, 9.17) is 10.7 Å². The predicted octanol–water partition coefficient (Wildman–Crippen LogP) is 4.12. The first-order chi connectivity index (χ1) is 9.70. The van der Waals surface area contributed by atoms with E-state index in [-0.39, 0.29) is 0 Å². The molecule has 0 aliphatic heterocycles. The Morgan fingerprint density at radius 3 is 2.70 bits per heavy atom. The van der Waals surface area contributed by atoms with Gasteiger partial charge >= 0.3 is 0 Å². The molecule has 3 heteroatoms. The zero-order valence-corrected chi connectivity index (χ0v) is 12.4. The highest BCUT2D eigenvalue weighted by atomic mass is 15.1. The van der Waals surface area contributed by atoms with Crippen molar-refractivity contribution >= 4 is 5.82 Å². The number of imidazole rings is 1. The molecule has 0 spiro atoms. The SMILES string of the molecule is CCn1c(C2CCCC2)nc(-c2cccc(C)c2)c1N. The average molecular weight is 269 g/mol. The van der Waals surface area contributed by atoms with Gasteiger partial charge in [-0.15, -0.1) is 0 Å². The molecule has 3 rings (SSSR count). The summed E-state index contributed by atoms with van der Waals surface area (Å²) in [6.07, 6.45) is 5.15. The van der Waals surface area contributed by atoms with Gasteiger partial charge in [0.2, 0.25) is 0 Å². The van der Waals surface area contributed by atoms with E-state index in [2.05, 4.69) is 42.7 Å². The molecule has 1 aromatic carbocycles. The van der Waals surface area contributed by atoms with Crippen LogP contribution >= 0.6 is 0 Å². The quantitative estimate of drug-likeness (QED) is 0.911. The van der Waals surface area contributed by atoms with Gasteiger partial charge < -0.3 is 10.3 Å². The minimum Gasteiger partial charge on any atom is -0.383 e. The largest absolute Gasteiger partial charge is 0.383 e. The van der Waals surface area contributed by atoms with Crippen LogP contribution in [0.1, 0.15) is 49.9 Å². The van der Waals surface area contributed by atoms with Crippen molar-refractivity contribution in [2.75, 3.05) is 5.73 Å². The number of nitrogen functional groups attached to an aromatic ring is 1. The van der Waals surface area contributed by atoms with Crippen LogP contribution in [0, 0.1) is 6.92 Å². The highest BCUT2D eigenvalue weighted by Crippen LogP contribution is 2.37. The molecule has 0 bridgehead atoms. The Bertz CT molecular complexity index is 607. The number of hydrogen-bond donors (Lipinski definition) is 1. The molecule has 1 saturated carbocycles.